The molecule has 2 rings (SSSR count). The van der Waals surface area contributed by atoms with Crippen LogP contribution < -0.4 is 0 Å². The lowest BCUT2D eigenvalue weighted by atomic mass is 9.98. The molecule has 0 aromatic heterocycles. The van der Waals surface area contributed by atoms with E-state index in [1.165, 1.54) is 103 Å². The zero-order valence-electron chi connectivity index (χ0n) is 34.4. The molecular formula is C41H82NO12+. The highest BCUT2D eigenvalue weighted by molar-refractivity contribution is 4.92. The Morgan fingerprint density at radius 3 is 1.39 bits per heavy atom. The fourth-order valence-electron chi connectivity index (χ4n) is 7.42. The molecule has 2 fully saturated rings. The Kier molecular flexibility index (Phi) is 26.5. The lowest BCUT2D eigenvalue weighted by molar-refractivity contribution is -0.893. The number of ether oxygens (including phenoxy) is 5. The molecule has 0 saturated carbocycles. The average Bonchev–Trinajstić information content (AvgIpc) is 3.14. The minimum absolute atomic E-state index is 0.000451. The van der Waals surface area contributed by atoms with Crippen molar-refractivity contribution < 1.29 is 63.9 Å². The third kappa shape index (κ3) is 19.8. The Morgan fingerprint density at radius 1 is 0.500 bits per heavy atom. The summed E-state index contributed by atoms with van der Waals surface area (Å²) < 4.78 is 29.2. The van der Waals surface area contributed by atoms with Gasteiger partial charge in [0.05, 0.1) is 40.5 Å². The highest BCUT2D eigenvalue weighted by Gasteiger charge is 2.47. The first kappa shape index (κ1) is 49.6. The van der Waals surface area contributed by atoms with E-state index in [4.69, 9.17) is 23.7 Å². The molecule has 0 radical (unpaired) electrons. The van der Waals surface area contributed by atoms with E-state index in [9.17, 15) is 35.7 Å². The summed E-state index contributed by atoms with van der Waals surface area (Å²) in [5.74, 6) is 0. The van der Waals surface area contributed by atoms with Crippen molar-refractivity contribution in [3.05, 3.63) is 0 Å². The van der Waals surface area contributed by atoms with Gasteiger partial charge in [-0.05, 0) is 19.3 Å². The number of rotatable bonds is 32. The number of likely N-dealkylation sites (N-methyl/N-ethyl adjacent to an activating group) is 1. The number of aliphatic hydroxyl groups is 7. The fraction of sp³-hybridized carbons (Fsp3) is 1.00. The molecule has 2 aliphatic heterocycles. The first-order valence-corrected chi connectivity index (χ1v) is 21.6. The molecule has 0 amide bonds. The summed E-state index contributed by atoms with van der Waals surface area (Å²) in [4.78, 5) is 0. The Labute approximate surface area is 326 Å². The Morgan fingerprint density at radius 2 is 0.907 bits per heavy atom. The van der Waals surface area contributed by atoms with Crippen molar-refractivity contribution in [1.29, 1.82) is 0 Å². The SMILES string of the molecule is CCCCCCCCCCCCCC[N+](C)(C)CC(O)COC[C@H]1O[C@H](OC[C@H]2O[C@@H](OCCCCCCCCCC)[C@H](O)[C@@H](O)[C@@H]2O)[C@H](O)[C@@H](O)[C@@H]1O. The van der Waals surface area contributed by atoms with Crippen molar-refractivity contribution in [2.45, 2.75) is 210 Å². The van der Waals surface area contributed by atoms with E-state index in [-0.39, 0.29) is 19.8 Å². The van der Waals surface area contributed by atoms with Gasteiger partial charge in [-0.25, -0.2) is 0 Å². The maximum Gasteiger partial charge on any atom is 0.186 e. The summed E-state index contributed by atoms with van der Waals surface area (Å²) in [6.45, 7) is 5.66. The second-order valence-electron chi connectivity index (χ2n) is 16.6. The van der Waals surface area contributed by atoms with Gasteiger partial charge in [-0.2, -0.15) is 0 Å². The lowest BCUT2D eigenvalue weighted by Gasteiger charge is -2.43. The van der Waals surface area contributed by atoms with Crippen LogP contribution in [0, 0.1) is 0 Å². The van der Waals surface area contributed by atoms with Gasteiger partial charge < -0.3 is 63.9 Å². The van der Waals surface area contributed by atoms with Gasteiger partial charge >= 0.3 is 0 Å². The molecule has 2 saturated heterocycles. The van der Waals surface area contributed by atoms with Crippen LogP contribution in [0.5, 0.6) is 0 Å². The van der Waals surface area contributed by atoms with E-state index in [1.807, 2.05) is 0 Å². The van der Waals surface area contributed by atoms with Crippen molar-refractivity contribution in [1.82, 2.24) is 0 Å². The summed E-state index contributed by atoms with van der Waals surface area (Å²) in [5.41, 5.74) is 0. The fourth-order valence-corrected chi connectivity index (χ4v) is 7.42. The normalized spacial score (nSPS) is 29.8. The van der Waals surface area contributed by atoms with E-state index in [2.05, 4.69) is 27.9 Å². The van der Waals surface area contributed by atoms with Gasteiger partial charge in [0.2, 0.25) is 0 Å². The third-order valence-corrected chi connectivity index (χ3v) is 11.0. The highest BCUT2D eigenvalue weighted by atomic mass is 16.7. The molecule has 7 N–H and O–H groups in total. The molecule has 1 unspecified atom stereocenters. The van der Waals surface area contributed by atoms with E-state index < -0.39 is 67.5 Å². The van der Waals surface area contributed by atoms with Gasteiger partial charge in [0.15, 0.2) is 12.6 Å². The van der Waals surface area contributed by atoms with Crippen LogP contribution in [0.4, 0.5) is 0 Å². The first-order chi connectivity index (χ1) is 25.9. The number of hydrogen-bond acceptors (Lipinski definition) is 12. The summed E-state index contributed by atoms with van der Waals surface area (Å²) in [7, 11) is 4.18. The van der Waals surface area contributed by atoms with Crippen LogP contribution in [0.1, 0.15) is 142 Å². The van der Waals surface area contributed by atoms with Crippen LogP contribution in [-0.2, 0) is 23.7 Å². The minimum atomic E-state index is -1.62. The molecule has 2 aliphatic rings. The molecule has 54 heavy (non-hydrogen) atoms. The van der Waals surface area contributed by atoms with Gasteiger partial charge in [0.25, 0.3) is 0 Å². The van der Waals surface area contributed by atoms with Crippen molar-refractivity contribution in [3.8, 4) is 0 Å². The molecule has 2 heterocycles. The van der Waals surface area contributed by atoms with Crippen molar-refractivity contribution in [2.75, 3.05) is 53.6 Å². The van der Waals surface area contributed by atoms with E-state index in [0.717, 1.165) is 32.2 Å². The van der Waals surface area contributed by atoms with Crippen LogP contribution in [0.3, 0.4) is 0 Å². The maximum absolute atomic E-state index is 10.7. The van der Waals surface area contributed by atoms with Gasteiger partial charge in [-0.15, -0.1) is 0 Å². The number of nitrogens with zero attached hydrogens (tertiary/aromatic N) is 1. The molecule has 13 nitrogen and oxygen atoms in total. The largest absolute Gasteiger partial charge is 0.387 e. The lowest BCUT2D eigenvalue weighted by Crippen LogP contribution is -2.61. The first-order valence-electron chi connectivity index (χ1n) is 21.6. The Balaban J connectivity index is 1.68. The maximum atomic E-state index is 10.7. The van der Waals surface area contributed by atoms with Crippen LogP contribution in [0.2, 0.25) is 0 Å². The van der Waals surface area contributed by atoms with Crippen LogP contribution in [0.25, 0.3) is 0 Å². The van der Waals surface area contributed by atoms with Crippen molar-refractivity contribution in [2.24, 2.45) is 0 Å². The summed E-state index contributed by atoms with van der Waals surface area (Å²) in [6, 6.07) is 0. The minimum Gasteiger partial charge on any atom is -0.387 e. The summed E-state index contributed by atoms with van der Waals surface area (Å²) in [5, 5.41) is 73.9. The molecule has 0 bridgehead atoms. The third-order valence-electron chi connectivity index (χ3n) is 11.0. The molecule has 0 aromatic rings. The van der Waals surface area contributed by atoms with Crippen molar-refractivity contribution in [3.63, 3.8) is 0 Å². The number of hydrogen-bond donors (Lipinski definition) is 7. The zero-order valence-corrected chi connectivity index (χ0v) is 34.4. The van der Waals surface area contributed by atoms with Crippen LogP contribution in [0.15, 0.2) is 0 Å². The molecule has 0 aliphatic carbocycles. The predicted octanol–water partition coefficient (Wildman–Crippen LogP) is 3.93. The molecule has 13 heteroatoms. The smallest absolute Gasteiger partial charge is 0.186 e. The van der Waals surface area contributed by atoms with Crippen LogP contribution in [-0.4, -0.2) is 161 Å². The monoisotopic (exact) mass is 781 g/mol. The van der Waals surface area contributed by atoms with Gasteiger partial charge in [0.1, 0.15) is 61.5 Å². The molecule has 0 spiro atoms. The molecule has 0 aromatic carbocycles. The topological polar surface area (TPSA) is 188 Å². The average molecular weight is 781 g/mol. The predicted molar refractivity (Wildman–Crippen MR) is 208 cm³/mol. The summed E-state index contributed by atoms with van der Waals surface area (Å²) >= 11 is 0. The molecule has 322 valence electrons. The molecular weight excluding hydrogens is 698 g/mol. The van der Waals surface area contributed by atoms with Gasteiger partial charge in [-0.3, -0.25) is 0 Å². The molecule has 11 atom stereocenters. The Bertz CT molecular complexity index is 902. The van der Waals surface area contributed by atoms with Gasteiger partial charge in [-0.1, -0.05) is 123 Å². The second-order valence-corrected chi connectivity index (χ2v) is 16.6. The highest BCUT2D eigenvalue weighted by Crippen LogP contribution is 2.27. The number of unbranched alkanes of at least 4 members (excludes halogenated alkanes) is 18. The van der Waals surface area contributed by atoms with E-state index >= 15 is 0 Å². The summed E-state index contributed by atoms with van der Waals surface area (Å²) in [6.07, 6.45) is 9.69. The van der Waals surface area contributed by atoms with Gasteiger partial charge in [0, 0.05) is 6.61 Å². The zero-order chi connectivity index (χ0) is 39.8. The number of aliphatic hydroxyl groups excluding tert-OH is 7. The quantitative estimate of drug-likeness (QED) is 0.0386. The van der Waals surface area contributed by atoms with Crippen LogP contribution >= 0.6 is 0 Å². The Hall–Kier alpha value is -0.520. The van der Waals surface area contributed by atoms with E-state index in [1.54, 1.807) is 0 Å². The van der Waals surface area contributed by atoms with Crippen molar-refractivity contribution >= 4 is 0 Å². The second kappa shape index (κ2) is 28.8. The number of quaternary nitrogens is 1. The standard InChI is InChI=1S/C41H82NO12/c1-5-7-9-11-13-15-16-17-18-19-21-23-25-42(3,4)27-31(43)28-50-29-32-34(44)36(46)39(49)41(53-32)52-30-33-35(45)37(47)38(48)40(54-33)51-26-24-22-20-14-12-10-8-6-2/h31-41,43-49H,5-30H2,1-4H3/q+1/t31?,32-,33-,34-,35-,36+,37+,38-,39-,40-,41+/m1/s1. The van der Waals surface area contributed by atoms with E-state index in [0.29, 0.717) is 17.6 Å².